The molecular formula is C13H17ClO2. The van der Waals surface area contributed by atoms with Gasteiger partial charge in [-0.3, -0.25) is 0 Å². The van der Waals surface area contributed by atoms with Gasteiger partial charge in [-0.1, -0.05) is 17.7 Å². The van der Waals surface area contributed by atoms with Crippen molar-refractivity contribution in [1.82, 2.24) is 0 Å². The molecule has 2 unspecified atom stereocenters. The van der Waals surface area contributed by atoms with Crippen molar-refractivity contribution in [2.24, 2.45) is 5.92 Å². The van der Waals surface area contributed by atoms with Gasteiger partial charge < -0.3 is 9.84 Å². The molecule has 1 fully saturated rings. The number of hydrogen-bond acceptors (Lipinski definition) is 2. The van der Waals surface area contributed by atoms with E-state index in [0.717, 1.165) is 30.6 Å². The number of rotatable bonds is 2. The maximum atomic E-state index is 10.3. The van der Waals surface area contributed by atoms with E-state index in [9.17, 15) is 5.11 Å². The molecule has 1 aromatic carbocycles. The first-order valence-corrected chi connectivity index (χ1v) is 6.08. The fourth-order valence-corrected chi connectivity index (χ4v) is 2.47. The average molecular weight is 241 g/mol. The highest BCUT2D eigenvalue weighted by Gasteiger charge is 2.24. The standard InChI is InChI=1S/C13H17ClO2/c1-9-7-11(14)4-5-12(9)13(15)10-3-2-6-16-8-10/h4-5,7,10,13,15H,2-3,6,8H2,1H3. The number of benzene rings is 1. The van der Waals surface area contributed by atoms with Crippen molar-refractivity contribution in [2.45, 2.75) is 25.9 Å². The van der Waals surface area contributed by atoms with Gasteiger partial charge in [-0.15, -0.1) is 0 Å². The van der Waals surface area contributed by atoms with Crippen LogP contribution in [0.4, 0.5) is 0 Å². The number of aliphatic hydroxyl groups excluding tert-OH is 1. The monoisotopic (exact) mass is 240 g/mol. The third kappa shape index (κ3) is 2.57. The minimum atomic E-state index is -0.433. The molecule has 88 valence electrons. The van der Waals surface area contributed by atoms with Crippen LogP contribution in [0.3, 0.4) is 0 Å². The Morgan fingerprint density at radius 2 is 2.31 bits per heavy atom. The van der Waals surface area contributed by atoms with E-state index in [2.05, 4.69) is 0 Å². The van der Waals surface area contributed by atoms with Gasteiger partial charge in [-0.2, -0.15) is 0 Å². The van der Waals surface area contributed by atoms with Gasteiger partial charge in [0.1, 0.15) is 0 Å². The minimum Gasteiger partial charge on any atom is -0.388 e. The number of ether oxygens (including phenoxy) is 1. The Hall–Kier alpha value is -0.570. The second-order valence-electron chi connectivity index (χ2n) is 4.42. The summed E-state index contributed by atoms with van der Waals surface area (Å²) in [6.45, 7) is 3.46. The van der Waals surface area contributed by atoms with Crippen LogP contribution in [-0.4, -0.2) is 18.3 Å². The lowest BCUT2D eigenvalue weighted by atomic mass is 9.89. The Labute approximate surface area is 101 Å². The molecule has 3 heteroatoms. The van der Waals surface area contributed by atoms with E-state index in [1.165, 1.54) is 0 Å². The molecule has 2 atom stereocenters. The molecule has 2 rings (SSSR count). The second kappa shape index (κ2) is 5.17. The van der Waals surface area contributed by atoms with Crippen molar-refractivity contribution < 1.29 is 9.84 Å². The van der Waals surface area contributed by atoms with Crippen LogP contribution in [0.1, 0.15) is 30.1 Å². The maximum absolute atomic E-state index is 10.3. The Bertz CT molecular complexity index is 359. The van der Waals surface area contributed by atoms with Crippen LogP contribution in [0.2, 0.25) is 5.02 Å². The molecule has 1 aliphatic rings. The molecule has 1 aromatic rings. The molecule has 0 saturated carbocycles. The topological polar surface area (TPSA) is 29.5 Å². The first-order valence-electron chi connectivity index (χ1n) is 5.70. The van der Waals surface area contributed by atoms with Crippen molar-refractivity contribution in [3.8, 4) is 0 Å². The largest absolute Gasteiger partial charge is 0.388 e. The number of aryl methyl sites for hydroxylation is 1. The van der Waals surface area contributed by atoms with E-state index < -0.39 is 6.10 Å². The van der Waals surface area contributed by atoms with Crippen LogP contribution in [-0.2, 0) is 4.74 Å². The molecule has 0 radical (unpaired) electrons. The molecule has 2 nitrogen and oxygen atoms in total. The minimum absolute atomic E-state index is 0.216. The predicted octanol–water partition coefficient (Wildman–Crippen LogP) is 3.11. The van der Waals surface area contributed by atoms with Crippen molar-refractivity contribution in [3.63, 3.8) is 0 Å². The summed E-state index contributed by atoms with van der Waals surface area (Å²) in [5.41, 5.74) is 2.02. The van der Waals surface area contributed by atoms with Gasteiger partial charge in [0.25, 0.3) is 0 Å². The molecule has 0 aliphatic carbocycles. The van der Waals surface area contributed by atoms with Gasteiger partial charge in [-0.25, -0.2) is 0 Å². The molecule has 16 heavy (non-hydrogen) atoms. The first-order chi connectivity index (χ1) is 7.68. The quantitative estimate of drug-likeness (QED) is 0.861. The van der Waals surface area contributed by atoms with Crippen LogP contribution in [0.25, 0.3) is 0 Å². The van der Waals surface area contributed by atoms with Gasteiger partial charge in [0.05, 0.1) is 12.7 Å². The Balaban J connectivity index is 2.15. The fraction of sp³-hybridized carbons (Fsp3) is 0.538. The van der Waals surface area contributed by atoms with E-state index in [4.69, 9.17) is 16.3 Å². The van der Waals surface area contributed by atoms with E-state index in [0.29, 0.717) is 11.6 Å². The summed E-state index contributed by atoms with van der Waals surface area (Å²) in [4.78, 5) is 0. The third-order valence-corrected chi connectivity index (χ3v) is 3.43. The first kappa shape index (κ1) is 11.9. The smallest absolute Gasteiger partial charge is 0.0842 e. The Morgan fingerprint density at radius 3 is 2.94 bits per heavy atom. The summed E-state index contributed by atoms with van der Waals surface area (Å²) in [5, 5.41) is 11.0. The van der Waals surface area contributed by atoms with Crippen LogP contribution in [0.5, 0.6) is 0 Å². The van der Waals surface area contributed by atoms with Crippen molar-refractivity contribution in [1.29, 1.82) is 0 Å². The lowest BCUT2D eigenvalue weighted by Gasteiger charge is -2.27. The Morgan fingerprint density at radius 1 is 1.50 bits per heavy atom. The molecule has 1 aliphatic heterocycles. The maximum Gasteiger partial charge on any atom is 0.0842 e. The van der Waals surface area contributed by atoms with Crippen LogP contribution in [0.15, 0.2) is 18.2 Å². The summed E-state index contributed by atoms with van der Waals surface area (Å²) in [6, 6.07) is 5.64. The van der Waals surface area contributed by atoms with Crippen molar-refractivity contribution >= 4 is 11.6 Å². The molecule has 0 aromatic heterocycles. The van der Waals surface area contributed by atoms with Crippen molar-refractivity contribution in [2.75, 3.05) is 13.2 Å². The molecule has 0 spiro atoms. The highest BCUT2D eigenvalue weighted by atomic mass is 35.5. The molecule has 1 N–H and O–H groups in total. The lowest BCUT2D eigenvalue weighted by Crippen LogP contribution is -2.24. The zero-order chi connectivity index (χ0) is 11.5. The fourth-order valence-electron chi connectivity index (χ4n) is 2.24. The van der Waals surface area contributed by atoms with Crippen molar-refractivity contribution in [3.05, 3.63) is 34.3 Å². The predicted molar refractivity (Wildman–Crippen MR) is 64.7 cm³/mol. The number of aliphatic hydroxyl groups is 1. The summed E-state index contributed by atoms with van der Waals surface area (Å²) in [6.07, 6.45) is 1.63. The van der Waals surface area contributed by atoms with Gasteiger partial charge in [0.15, 0.2) is 0 Å². The van der Waals surface area contributed by atoms with Gasteiger partial charge >= 0.3 is 0 Å². The summed E-state index contributed by atoms with van der Waals surface area (Å²) < 4.78 is 5.40. The van der Waals surface area contributed by atoms with Gasteiger partial charge in [0.2, 0.25) is 0 Å². The van der Waals surface area contributed by atoms with E-state index in [-0.39, 0.29) is 5.92 Å². The zero-order valence-electron chi connectivity index (χ0n) is 9.45. The lowest BCUT2D eigenvalue weighted by molar-refractivity contribution is -0.0102. The third-order valence-electron chi connectivity index (χ3n) is 3.19. The normalized spacial score (nSPS) is 23.1. The van der Waals surface area contributed by atoms with Crippen LogP contribution >= 0.6 is 11.6 Å². The number of hydrogen-bond donors (Lipinski definition) is 1. The number of halogens is 1. The van der Waals surface area contributed by atoms with E-state index in [1.54, 1.807) is 0 Å². The molecule has 1 saturated heterocycles. The van der Waals surface area contributed by atoms with Gasteiger partial charge in [0, 0.05) is 17.5 Å². The van der Waals surface area contributed by atoms with E-state index >= 15 is 0 Å². The zero-order valence-corrected chi connectivity index (χ0v) is 10.2. The SMILES string of the molecule is Cc1cc(Cl)ccc1C(O)C1CCCOC1. The highest BCUT2D eigenvalue weighted by Crippen LogP contribution is 2.31. The summed E-state index contributed by atoms with van der Waals surface area (Å²) >= 11 is 5.90. The van der Waals surface area contributed by atoms with E-state index in [1.807, 2.05) is 25.1 Å². The highest BCUT2D eigenvalue weighted by molar-refractivity contribution is 6.30. The summed E-state index contributed by atoms with van der Waals surface area (Å²) in [7, 11) is 0. The molecule has 0 bridgehead atoms. The molecule has 0 amide bonds. The van der Waals surface area contributed by atoms with Crippen LogP contribution < -0.4 is 0 Å². The van der Waals surface area contributed by atoms with Gasteiger partial charge in [-0.05, 0) is 43.0 Å². The Kier molecular flexibility index (Phi) is 3.85. The molecule has 1 heterocycles. The second-order valence-corrected chi connectivity index (χ2v) is 4.86. The summed E-state index contributed by atoms with van der Waals surface area (Å²) in [5.74, 6) is 0.216. The molecular weight excluding hydrogens is 224 g/mol. The average Bonchev–Trinajstić information content (AvgIpc) is 2.29. The van der Waals surface area contributed by atoms with Crippen LogP contribution in [0, 0.1) is 12.8 Å².